The number of anilines is 1. The number of methoxy groups -OCH3 is 1. The van der Waals surface area contributed by atoms with Crippen molar-refractivity contribution in [3.8, 4) is 0 Å². The molecule has 0 aliphatic heterocycles. The summed E-state index contributed by atoms with van der Waals surface area (Å²) < 4.78 is 32.9. The number of hydrogen-bond donors (Lipinski definition) is 2. The summed E-state index contributed by atoms with van der Waals surface area (Å²) in [7, 11) is -2.13. The molecule has 0 aliphatic rings. The number of pyridine rings is 1. The van der Waals surface area contributed by atoms with Gasteiger partial charge < -0.3 is 4.74 Å². The first-order chi connectivity index (χ1) is 7.94. The van der Waals surface area contributed by atoms with Crippen LogP contribution in [0.2, 0.25) is 5.15 Å². The maximum atomic E-state index is 11.5. The molecule has 96 valence electrons. The van der Waals surface area contributed by atoms with Gasteiger partial charge in [-0.15, -0.1) is 0 Å². The van der Waals surface area contributed by atoms with E-state index in [4.69, 9.17) is 16.3 Å². The normalized spacial score (nSPS) is 11.5. The van der Waals surface area contributed by atoms with Crippen LogP contribution in [0.15, 0.2) is 16.7 Å². The van der Waals surface area contributed by atoms with Crippen LogP contribution >= 0.6 is 27.5 Å². The van der Waals surface area contributed by atoms with Gasteiger partial charge in [-0.3, -0.25) is 4.72 Å². The van der Waals surface area contributed by atoms with Crippen molar-refractivity contribution in [1.29, 1.82) is 0 Å². The number of nitrogens with zero attached hydrogens (tertiary/aromatic N) is 1. The standard InChI is InChI=1S/C8H11BrClN3O3S/c1-16-3-2-12-17(14,15)13-6-4-7(9)8(10)11-5-6/h4-5,12-13H,2-3H2,1H3. The van der Waals surface area contributed by atoms with E-state index in [1.807, 2.05) is 0 Å². The second kappa shape index (κ2) is 6.50. The SMILES string of the molecule is COCCNS(=O)(=O)Nc1cnc(Cl)c(Br)c1. The summed E-state index contributed by atoms with van der Waals surface area (Å²) in [6.45, 7) is 0.484. The number of aromatic nitrogens is 1. The molecule has 17 heavy (non-hydrogen) atoms. The molecule has 1 aromatic rings. The van der Waals surface area contributed by atoms with Crippen LogP contribution in [0.4, 0.5) is 5.69 Å². The van der Waals surface area contributed by atoms with Crippen molar-refractivity contribution in [1.82, 2.24) is 9.71 Å². The molecule has 1 heterocycles. The highest BCUT2D eigenvalue weighted by atomic mass is 79.9. The van der Waals surface area contributed by atoms with Crippen LogP contribution in [0.5, 0.6) is 0 Å². The molecular weight excluding hydrogens is 334 g/mol. The van der Waals surface area contributed by atoms with E-state index in [1.165, 1.54) is 19.4 Å². The van der Waals surface area contributed by atoms with Gasteiger partial charge in [-0.25, -0.2) is 4.98 Å². The topological polar surface area (TPSA) is 80.3 Å². The van der Waals surface area contributed by atoms with Crippen LogP contribution in [-0.4, -0.2) is 33.7 Å². The van der Waals surface area contributed by atoms with E-state index in [1.54, 1.807) is 0 Å². The largest absolute Gasteiger partial charge is 0.383 e. The Balaban J connectivity index is 2.66. The van der Waals surface area contributed by atoms with Gasteiger partial charge in [0.1, 0.15) is 5.15 Å². The predicted molar refractivity (Wildman–Crippen MR) is 69.4 cm³/mol. The molecule has 6 nitrogen and oxygen atoms in total. The molecule has 0 atom stereocenters. The van der Waals surface area contributed by atoms with Gasteiger partial charge in [0.15, 0.2) is 0 Å². The molecule has 9 heteroatoms. The van der Waals surface area contributed by atoms with Gasteiger partial charge in [-0.1, -0.05) is 11.6 Å². The molecular formula is C8H11BrClN3O3S. The van der Waals surface area contributed by atoms with Crippen molar-refractivity contribution in [3.05, 3.63) is 21.9 Å². The Labute approximate surface area is 113 Å². The summed E-state index contributed by atoms with van der Waals surface area (Å²) in [6, 6.07) is 1.52. The third-order valence-electron chi connectivity index (χ3n) is 1.65. The van der Waals surface area contributed by atoms with Crippen LogP contribution in [0.3, 0.4) is 0 Å². The fourth-order valence-electron chi connectivity index (χ4n) is 0.946. The number of rotatable bonds is 6. The van der Waals surface area contributed by atoms with Crippen LogP contribution < -0.4 is 9.44 Å². The van der Waals surface area contributed by atoms with E-state index in [0.29, 0.717) is 16.8 Å². The first kappa shape index (κ1) is 14.7. The van der Waals surface area contributed by atoms with E-state index in [0.717, 1.165) is 0 Å². The van der Waals surface area contributed by atoms with Gasteiger partial charge in [-0.05, 0) is 22.0 Å². The maximum absolute atomic E-state index is 11.5. The minimum atomic E-state index is -3.62. The average molecular weight is 345 g/mol. The van der Waals surface area contributed by atoms with Gasteiger partial charge in [0.25, 0.3) is 10.2 Å². The number of ether oxygens (including phenoxy) is 1. The number of halogens is 2. The second-order valence-corrected chi connectivity index (χ2v) is 5.70. The molecule has 0 saturated heterocycles. The van der Waals surface area contributed by atoms with Crippen molar-refractivity contribution in [2.45, 2.75) is 0 Å². The molecule has 1 rings (SSSR count). The van der Waals surface area contributed by atoms with E-state index >= 15 is 0 Å². The molecule has 0 amide bonds. The van der Waals surface area contributed by atoms with Crippen molar-refractivity contribution >= 4 is 43.4 Å². The molecule has 0 unspecified atom stereocenters. The quantitative estimate of drug-likeness (QED) is 0.604. The highest BCUT2D eigenvalue weighted by molar-refractivity contribution is 9.10. The van der Waals surface area contributed by atoms with Crippen LogP contribution in [0.1, 0.15) is 0 Å². The molecule has 1 aromatic heterocycles. The molecule has 2 N–H and O–H groups in total. The van der Waals surface area contributed by atoms with Crippen LogP contribution in [0.25, 0.3) is 0 Å². The predicted octanol–water partition coefficient (Wildman–Crippen LogP) is 1.39. The van der Waals surface area contributed by atoms with Crippen molar-refractivity contribution < 1.29 is 13.2 Å². The zero-order valence-corrected chi connectivity index (χ0v) is 12.1. The number of nitrogens with one attached hydrogen (secondary N) is 2. The summed E-state index contributed by atoms with van der Waals surface area (Å²) in [6.07, 6.45) is 1.32. The lowest BCUT2D eigenvalue weighted by molar-refractivity contribution is 0.204. The Morgan fingerprint density at radius 3 is 2.88 bits per heavy atom. The molecule has 0 fully saturated rings. The Hall–Kier alpha value is -0.410. The van der Waals surface area contributed by atoms with Gasteiger partial charge in [0.05, 0.1) is 23.0 Å². The van der Waals surface area contributed by atoms with Crippen molar-refractivity contribution in [3.63, 3.8) is 0 Å². The molecule has 0 spiro atoms. The van der Waals surface area contributed by atoms with Crippen molar-refractivity contribution in [2.75, 3.05) is 25.0 Å². The zero-order valence-electron chi connectivity index (χ0n) is 8.91. The lowest BCUT2D eigenvalue weighted by atomic mass is 10.4. The van der Waals surface area contributed by atoms with Gasteiger partial charge in [-0.2, -0.15) is 13.1 Å². The minimum absolute atomic E-state index is 0.189. The maximum Gasteiger partial charge on any atom is 0.299 e. The molecule has 0 aromatic carbocycles. The third kappa shape index (κ3) is 5.17. The molecule has 0 aliphatic carbocycles. The highest BCUT2D eigenvalue weighted by Crippen LogP contribution is 2.23. The Morgan fingerprint density at radius 2 is 2.29 bits per heavy atom. The Morgan fingerprint density at radius 1 is 1.59 bits per heavy atom. The van der Waals surface area contributed by atoms with E-state index in [9.17, 15) is 8.42 Å². The van der Waals surface area contributed by atoms with E-state index in [-0.39, 0.29) is 11.7 Å². The van der Waals surface area contributed by atoms with E-state index < -0.39 is 10.2 Å². The lowest BCUT2D eigenvalue weighted by Gasteiger charge is -2.09. The number of hydrogen-bond acceptors (Lipinski definition) is 4. The van der Waals surface area contributed by atoms with Crippen LogP contribution in [0, 0.1) is 0 Å². The average Bonchev–Trinajstić information content (AvgIpc) is 2.23. The van der Waals surface area contributed by atoms with Gasteiger partial charge in [0.2, 0.25) is 0 Å². The summed E-state index contributed by atoms with van der Waals surface area (Å²) in [4.78, 5) is 3.80. The fourth-order valence-corrected chi connectivity index (χ4v) is 2.24. The Kier molecular flexibility index (Phi) is 5.60. The molecule has 0 saturated carbocycles. The third-order valence-corrected chi connectivity index (χ3v) is 3.87. The second-order valence-electron chi connectivity index (χ2n) is 2.99. The molecule has 0 bridgehead atoms. The monoisotopic (exact) mass is 343 g/mol. The highest BCUT2D eigenvalue weighted by Gasteiger charge is 2.10. The molecule has 0 radical (unpaired) electrons. The Bertz CT molecular complexity index is 483. The van der Waals surface area contributed by atoms with E-state index in [2.05, 4.69) is 30.4 Å². The first-order valence-electron chi connectivity index (χ1n) is 4.52. The van der Waals surface area contributed by atoms with Gasteiger partial charge >= 0.3 is 0 Å². The minimum Gasteiger partial charge on any atom is -0.383 e. The zero-order chi connectivity index (χ0) is 12.9. The van der Waals surface area contributed by atoms with Crippen LogP contribution in [-0.2, 0) is 14.9 Å². The van der Waals surface area contributed by atoms with Gasteiger partial charge in [0, 0.05) is 13.7 Å². The first-order valence-corrected chi connectivity index (χ1v) is 7.17. The summed E-state index contributed by atoms with van der Waals surface area (Å²) >= 11 is 8.83. The smallest absolute Gasteiger partial charge is 0.299 e. The summed E-state index contributed by atoms with van der Waals surface area (Å²) in [5.74, 6) is 0. The van der Waals surface area contributed by atoms with Crippen molar-refractivity contribution in [2.24, 2.45) is 0 Å². The summed E-state index contributed by atoms with van der Waals surface area (Å²) in [5.41, 5.74) is 0.311. The lowest BCUT2D eigenvalue weighted by Crippen LogP contribution is -2.32. The summed E-state index contributed by atoms with van der Waals surface area (Å²) in [5, 5.41) is 0.264. The fraction of sp³-hybridized carbons (Fsp3) is 0.375.